The van der Waals surface area contributed by atoms with Crippen LogP contribution in [0.25, 0.3) is 0 Å². The topological polar surface area (TPSA) is 57.2 Å². The van der Waals surface area contributed by atoms with Crippen LogP contribution in [0.4, 0.5) is 0 Å². The monoisotopic (exact) mass is 280 g/mol. The van der Waals surface area contributed by atoms with E-state index in [4.69, 9.17) is 18.9 Å². The van der Waals surface area contributed by atoms with E-state index >= 15 is 0 Å². The van der Waals surface area contributed by atoms with Crippen molar-refractivity contribution in [2.24, 2.45) is 0 Å². The molecule has 2 atom stereocenters. The molecule has 2 unspecified atom stereocenters. The van der Waals surface area contributed by atoms with Crippen LogP contribution in [0.3, 0.4) is 0 Å². The minimum atomic E-state index is -0.659. The fourth-order valence-electron chi connectivity index (χ4n) is 2.35. The molecule has 5 heteroatoms. The third-order valence-corrected chi connectivity index (χ3v) is 3.53. The highest BCUT2D eigenvalue weighted by Crippen LogP contribution is 2.32. The van der Waals surface area contributed by atoms with Gasteiger partial charge in [0.1, 0.15) is 6.10 Å². The van der Waals surface area contributed by atoms with E-state index in [1.54, 1.807) is 0 Å². The summed E-state index contributed by atoms with van der Waals surface area (Å²) in [5, 5.41) is 10.2. The largest absolute Gasteiger partial charge is 0.490 e. The van der Waals surface area contributed by atoms with Crippen LogP contribution in [0.1, 0.15) is 24.5 Å². The molecule has 110 valence electrons. The highest BCUT2D eigenvalue weighted by molar-refractivity contribution is 5.44. The normalized spacial score (nSPS) is 23.4. The Balaban J connectivity index is 1.62. The molecule has 2 aliphatic rings. The maximum absolute atomic E-state index is 10.2. The number of fused-ring (bicyclic) bond motifs is 1. The van der Waals surface area contributed by atoms with Crippen molar-refractivity contribution in [3.05, 3.63) is 23.8 Å². The van der Waals surface area contributed by atoms with Crippen molar-refractivity contribution in [1.29, 1.82) is 0 Å². The average Bonchev–Trinajstić information content (AvgIpc) is 2.88. The van der Waals surface area contributed by atoms with Gasteiger partial charge in [0, 0.05) is 13.0 Å². The molecule has 0 saturated carbocycles. The fourth-order valence-corrected chi connectivity index (χ4v) is 2.35. The summed E-state index contributed by atoms with van der Waals surface area (Å²) < 4.78 is 22.1. The molecule has 1 N–H and O–H groups in total. The van der Waals surface area contributed by atoms with Crippen LogP contribution in [0, 0.1) is 0 Å². The van der Waals surface area contributed by atoms with Crippen molar-refractivity contribution in [3.8, 4) is 11.5 Å². The van der Waals surface area contributed by atoms with Gasteiger partial charge in [-0.05, 0) is 24.1 Å². The summed E-state index contributed by atoms with van der Waals surface area (Å²) in [6.07, 6.45) is 1.21. The first-order chi connectivity index (χ1) is 9.83. The van der Waals surface area contributed by atoms with Crippen molar-refractivity contribution < 1.29 is 24.1 Å². The number of hydrogen-bond acceptors (Lipinski definition) is 5. The van der Waals surface area contributed by atoms with Crippen molar-refractivity contribution in [3.63, 3.8) is 0 Å². The molecule has 2 aliphatic heterocycles. The summed E-state index contributed by atoms with van der Waals surface area (Å²) >= 11 is 0. The van der Waals surface area contributed by atoms with Gasteiger partial charge < -0.3 is 24.1 Å². The number of hydrogen-bond donors (Lipinski definition) is 1. The van der Waals surface area contributed by atoms with Crippen LogP contribution in [0.2, 0.25) is 0 Å². The SMILES string of the molecule is OC(COC1CCOC1)c1ccc2c(c1)OCCCO2. The summed E-state index contributed by atoms with van der Waals surface area (Å²) in [6.45, 7) is 2.94. The molecule has 1 fully saturated rings. The summed E-state index contributed by atoms with van der Waals surface area (Å²) in [4.78, 5) is 0. The van der Waals surface area contributed by atoms with E-state index in [-0.39, 0.29) is 12.7 Å². The smallest absolute Gasteiger partial charge is 0.161 e. The molecule has 0 aliphatic carbocycles. The van der Waals surface area contributed by atoms with Crippen molar-refractivity contribution in [1.82, 2.24) is 0 Å². The van der Waals surface area contributed by atoms with Gasteiger partial charge in [-0.25, -0.2) is 0 Å². The molecule has 1 aromatic carbocycles. The zero-order valence-electron chi connectivity index (χ0n) is 11.4. The van der Waals surface area contributed by atoms with E-state index in [0.717, 1.165) is 30.8 Å². The highest BCUT2D eigenvalue weighted by atomic mass is 16.5. The second-order valence-corrected chi connectivity index (χ2v) is 5.09. The zero-order valence-corrected chi connectivity index (χ0v) is 11.4. The molecule has 0 amide bonds. The van der Waals surface area contributed by atoms with E-state index in [2.05, 4.69) is 0 Å². The predicted molar refractivity (Wildman–Crippen MR) is 72.2 cm³/mol. The van der Waals surface area contributed by atoms with Gasteiger partial charge >= 0.3 is 0 Å². The lowest BCUT2D eigenvalue weighted by molar-refractivity contribution is -0.0132. The van der Waals surface area contributed by atoms with Crippen molar-refractivity contribution >= 4 is 0 Å². The fraction of sp³-hybridized carbons (Fsp3) is 0.600. The lowest BCUT2D eigenvalue weighted by atomic mass is 10.1. The molecule has 0 spiro atoms. The molecule has 20 heavy (non-hydrogen) atoms. The van der Waals surface area contributed by atoms with E-state index < -0.39 is 6.10 Å². The van der Waals surface area contributed by atoms with Crippen LogP contribution in [0.5, 0.6) is 11.5 Å². The third-order valence-electron chi connectivity index (χ3n) is 3.53. The Morgan fingerprint density at radius 3 is 2.85 bits per heavy atom. The van der Waals surface area contributed by atoms with Crippen LogP contribution >= 0.6 is 0 Å². The van der Waals surface area contributed by atoms with Gasteiger partial charge in [-0.1, -0.05) is 6.07 Å². The Hall–Kier alpha value is -1.30. The van der Waals surface area contributed by atoms with E-state index in [1.165, 1.54) is 0 Å². The molecule has 0 aromatic heterocycles. The lowest BCUT2D eigenvalue weighted by Crippen LogP contribution is -2.17. The van der Waals surface area contributed by atoms with Crippen molar-refractivity contribution in [2.45, 2.75) is 25.0 Å². The summed E-state index contributed by atoms with van der Waals surface area (Å²) in [7, 11) is 0. The second kappa shape index (κ2) is 6.43. The Kier molecular flexibility index (Phi) is 4.40. The molecule has 0 radical (unpaired) electrons. The third kappa shape index (κ3) is 3.23. The predicted octanol–water partition coefficient (Wildman–Crippen LogP) is 1.69. The Morgan fingerprint density at radius 2 is 2.05 bits per heavy atom. The van der Waals surface area contributed by atoms with E-state index in [0.29, 0.717) is 25.6 Å². The maximum atomic E-state index is 10.2. The van der Waals surface area contributed by atoms with Crippen LogP contribution in [0.15, 0.2) is 18.2 Å². The second-order valence-electron chi connectivity index (χ2n) is 5.09. The molecule has 5 nitrogen and oxygen atoms in total. The number of benzene rings is 1. The minimum absolute atomic E-state index is 0.102. The Bertz CT molecular complexity index is 442. The summed E-state index contributed by atoms with van der Waals surface area (Å²) in [5.74, 6) is 1.44. The molecular weight excluding hydrogens is 260 g/mol. The van der Waals surface area contributed by atoms with Crippen molar-refractivity contribution in [2.75, 3.05) is 33.0 Å². The Morgan fingerprint density at radius 1 is 1.20 bits per heavy atom. The van der Waals surface area contributed by atoms with Gasteiger partial charge in [-0.3, -0.25) is 0 Å². The lowest BCUT2D eigenvalue weighted by Gasteiger charge is -2.16. The first-order valence-corrected chi connectivity index (χ1v) is 7.10. The highest BCUT2D eigenvalue weighted by Gasteiger charge is 2.19. The zero-order chi connectivity index (χ0) is 13.8. The van der Waals surface area contributed by atoms with Gasteiger partial charge in [0.25, 0.3) is 0 Å². The van der Waals surface area contributed by atoms with Gasteiger partial charge in [0.2, 0.25) is 0 Å². The first-order valence-electron chi connectivity index (χ1n) is 7.10. The maximum Gasteiger partial charge on any atom is 0.161 e. The van der Waals surface area contributed by atoms with Crippen LogP contribution < -0.4 is 9.47 Å². The number of aliphatic hydroxyl groups is 1. The first kappa shape index (κ1) is 13.7. The van der Waals surface area contributed by atoms with E-state index in [1.807, 2.05) is 18.2 Å². The standard InChI is InChI=1S/C15H20O5/c16-13(10-20-12-4-7-17-9-12)11-2-3-14-15(8-11)19-6-1-5-18-14/h2-3,8,12-13,16H,1,4-7,9-10H2. The quantitative estimate of drug-likeness (QED) is 0.909. The number of rotatable bonds is 4. The Labute approximate surface area is 118 Å². The van der Waals surface area contributed by atoms with Gasteiger partial charge in [0.15, 0.2) is 11.5 Å². The average molecular weight is 280 g/mol. The van der Waals surface area contributed by atoms with E-state index in [9.17, 15) is 5.11 Å². The summed E-state index contributed by atoms with van der Waals surface area (Å²) in [5.41, 5.74) is 0.785. The molecule has 1 saturated heterocycles. The minimum Gasteiger partial charge on any atom is -0.490 e. The molecule has 0 bridgehead atoms. The van der Waals surface area contributed by atoms with Gasteiger partial charge in [-0.2, -0.15) is 0 Å². The van der Waals surface area contributed by atoms with Crippen LogP contribution in [-0.2, 0) is 9.47 Å². The summed E-state index contributed by atoms with van der Waals surface area (Å²) in [6, 6.07) is 5.53. The van der Waals surface area contributed by atoms with Crippen LogP contribution in [-0.4, -0.2) is 44.2 Å². The van der Waals surface area contributed by atoms with Gasteiger partial charge in [0.05, 0.1) is 32.5 Å². The molecular formula is C15H20O5. The molecule has 3 rings (SSSR count). The van der Waals surface area contributed by atoms with Gasteiger partial charge in [-0.15, -0.1) is 0 Å². The molecule has 2 heterocycles. The number of aliphatic hydroxyl groups excluding tert-OH is 1. The number of ether oxygens (including phenoxy) is 4. The molecule has 1 aromatic rings.